The van der Waals surface area contributed by atoms with Crippen LogP contribution in [-0.4, -0.2) is 47.9 Å². The van der Waals surface area contributed by atoms with Crippen LogP contribution in [0.1, 0.15) is 11.3 Å². The fourth-order valence-electron chi connectivity index (χ4n) is 1.95. The lowest BCUT2D eigenvalue weighted by molar-refractivity contribution is -0.146. The Bertz CT molecular complexity index is 469. The lowest BCUT2D eigenvalue weighted by Gasteiger charge is -2.26. The van der Waals surface area contributed by atoms with Crippen molar-refractivity contribution in [3.8, 4) is 0 Å². The maximum absolute atomic E-state index is 11.9. The standard InChI is InChI=1S/C13H18N4O2/c1-10-3-2-4-15-11(10)9-16-12(18)13(19)17-7-5-14-6-8-17/h2-4,14H,5-9H2,1H3,(H,16,18). The molecule has 1 fully saturated rings. The number of amides is 2. The first-order chi connectivity index (χ1) is 9.18. The van der Waals surface area contributed by atoms with Gasteiger partial charge < -0.3 is 15.5 Å². The van der Waals surface area contributed by atoms with Crippen LogP contribution in [0.15, 0.2) is 18.3 Å². The van der Waals surface area contributed by atoms with Crippen molar-refractivity contribution in [3.63, 3.8) is 0 Å². The second kappa shape index (κ2) is 6.29. The van der Waals surface area contributed by atoms with Gasteiger partial charge in [0.05, 0.1) is 12.2 Å². The zero-order valence-corrected chi connectivity index (χ0v) is 11.0. The van der Waals surface area contributed by atoms with Gasteiger partial charge in [-0.25, -0.2) is 0 Å². The van der Waals surface area contributed by atoms with Crippen LogP contribution in [0.25, 0.3) is 0 Å². The molecule has 6 heteroatoms. The summed E-state index contributed by atoms with van der Waals surface area (Å²) >= 11 is 0. The molecule has 2 rings (SSSR count). The molecule has 0 atom stereocenters. The molecule has 1 aliphatic heterocycles. The van der Waals surface area contributed by atoms with Gasteiger partial charge >= 0.3 is 11.8 Å². The highest BCUT2D eigenvalue weighted by Crippen LogP contribution is 2.02. The summed E-state index contributed by atoms with van der Waals surface area (Å²) in [6.45, 7) is 4.83. The van der Waals surface area contributed by atoms with Crippen LogP contribution in [0.5, 0.6) is 0 Å². The molecule has 0 aliphatic carbocycles. The second-order valence-electron chi connectivity index (χ2n) is 4.49. The SMILES string of the molecule is Cc1cccnc1CNC(=O)C(=O)N1CCNCC1. The molecule has 0 spiro atoms. The monoisotopic (exact) mass is 262 g/mol. The van der Waals surface area contributed by atoms with Gasteiger partial charge in [0.1, 0.15) is 0 Å². The number of aromatic nitrogens is 1. The minimum Gasteiger partial charge on any atom is -0.342 e. The molecule has 2 N–H and O–H groups in total. The number of hydrogen-bond acceptors (Lipinski definition) is 4. The normalized spacial score (nSPS) is 15.1. The molecule has 6 nitrogen and oxygen atoms in total. The first-order valence-corrected chi connectivity index (χ1v) is 6.37. The Kier molecular flexibility index (Phi) is 4.46. The first-order valence-electron chi connectivity index (χ1n) is 6.37. The Morgan fingerprint density at radius 1 is 1.42 bits per heavy atom. The van der Waals surface area contributed by atoms with Crippen LogP contribution >= 0.6 is 0 Å². The average Bonchev–Trinajstić information content (AvgIpc) is 2.46. The minimum atomic E-state index is -0.563. The molecule has 1 aromatic heterocycles. The van der Waals surface area contributed by atoms with Crippen LogP contribution in [0, 0.1) is 6.92 Å². The van der Waals surface area contributed by atoms with Gasteiger partial charge in [-0.2, -0.15) is 0 Å². The Hall–Kier alpha value is -1.95. The van der Waals surface area contributed by atoms with Gasteiger partial charge in [0.25, 0.3) is 0 Å². The van der Waals surface area contributed by atoms with Crippen LogP contribution in [0.4, 0.5) is 0 Å². The van der Waals surface area contributed by atoms with Crippen molar-refractivity contribution in [2.24, 2.45) is 0 Å². The molecule has 102 valence electrons. The maximum Gasteiger partial charge on any atom is 0.311 e. The van der Waals surface area contributed by atoms with Crippen LogP contribution in [0.3, 0.4) is 0 Å². The van der Waals surface area contributed by atoms with E-state index in [1.54, 1.807) is 11.1 Å². The number of nitrogens with one attached hydrogen (secondary N) is 2. The van der Waals surface area contributed by atoms with Crippen molar-refractivity contribution in [2.45, 2.75) is 13.5 Å². The van der Waals surface area contributed by atoms with Gasteiger partial charge in [0.2, 0.25) is 0 Å². The highest BCUT2D eigenvalue weighted by Gasteiger charge is 2.22. The van der Waals surface area contributed by atoms with Crippen LogP contribution < -0.4 is 10.6 Å². The number of rotatable bonds is 2. The van der Waals surface area contributed by atoms with E-state index in [0.717, 1.165) is 24.3 Å². The lowest BCUT2D eigenvalue weighted by atomic mass is 10.2. The van der Waals surface area contributed by atoms with Crippen LogP contribution in [0.2, 0.25) is 0 Å². The number of carbonyl (C=O) groups is 2. The van der Waals surface area contributed by atoms with E-state index in [0.29, 0.717) is 13.1 Å². The van der Waals surface area contributed by atoms with E-state index in [4.69, 9.17) is 0 Å². The summed E-state index contributed by atoms with van der Waals surface area (Å²) in [5.41, 5.74) is 1.78. The molecular formula is C13H18N4O2. The van der Waals surface area contributed by atoms with Crippen molar-refractivity contribution >= 4 is 11.8 Å². The third-order valence-electron chi connectivity index (χ3n) is 3.13. The molecule has 0 unspecified atom stereocenters. The van der Waals surface area contributed by atoms with E-state index in [2.05, 4.69) is 15.6 Å². The van der Waals surface area contributed by atoms with Crippen molar-refractivity contribution in [2.75, 3.05) is 26.2 Å². The number of aryl methyl sites for hydroxylation is 1. The fraction of sp³-hybridized carbons (Fsp3) is 0.462. The van der Waals surface area contributed by atoms with Gasteiger partial charge in [0, 0.05) is 32.4 Å². The highest BCUT2D eigenvalue weighted by atomic mass is 16.2. The molecule has 2 amide bonds. The summed E-state index contributed by atoms with van der Waals surface area (Å²) in [5.74, 6) is -1.03. The number of piperazine rings is 1. The summed E-state index contributed by atoms with van der Waals surface area (Å²) in [4.78, 5) is 29.4. The quantitative estimate of drug-likeness (QED) is 0.701. The predicted molar refractivity (Wildman–Crippen MR) is 70.3 cm³/mol. The molecular weight excluding hydrogens is 244 g/mol. The average molecular weight is 262 g/mol. The van der Waals surface area contributed by atoms with E-state index in [-0.39, 0.29) is 6.54 Å². The zero-order valence-electron chi connectivity index (χ0n) is 11.0. The highest BCUT2D eigenvalue weighted by molar-refractivity contribution is 6.34. The van der Waals surface area contributed by atoms with Gasteiger partial charge in [-0.05, 0) is 18.6 Å². The van der Waals surface area contributed by atoms with Crippen molar-refractivity contribution in [1.82, 2.24) is 20.5 Å². The third-order valence-corrected chi connectivity index (χ3v) is 3.13. The first kappa shape index (κ1) is 13.5. The van der Waals surface area contributed by atoms with E-state index in [9.17, 15) is 9.59 Å². The number of nitrogens with zero attached hydrogens (tertiary/aromatic N) is 2. The number of carbonyl (C=O) groups excluding carboxylic acids is 2. The van der Waals surface area contributed by atoms with Gasteiger partial charge in [-0.3, -0.25) is 14.6 Å². The molecule has 0 aromatic carbocycles. The molecule has 19 heavy (non-hydrogen) atoms. The van der Waals surface area contributed by atoms with Crippen LogP contribution in [-0.2, 0) is 16.1 Å². The topological polar surface area (TPSA) is 74.3 Å². The summed E-state index contributed by atoms with van der Waals surface area (Å²) < 4.78 is 0. The van der Waals surface area contributed by atoms with E-state index >= 15 is 0 Å². The van der Waals surface area contributed by atoms with E-state index in [1.807, 2.05) is 19.1 Å². The predicted octanol–water partition coefficient (Wildman–Crippen LogP) is -0.562. The summed E-state index contributed by atoms with van der Waals surface area (Å²) in [6.07, 6.45) is 1.67. The molecule has 1 aliphatic rings. The van der Waals surface area contributed by atoms with Gasteiger partial charge in [0.15, 0.2) is 0 Å². The summed E-state index contributed by atoms with van der Waals surface area (Å²) in [6, 6.07) is 3.76. The molecule has 1 aromatic rings. The maximum atomic E-state index is 11.9. The molecule has 0 bridgehead atoms. The van der Waals surface area contributed by atoms with Crippen molar-refractivity contribution < 1.29 is 9.59 Å². The summed E-state index contributed by atoms with van der Waals surface area (Å²) in [5, 5.41) is 5.76. The smallest absolute Gasteiger partial charge is 0.311 e. The molecule has 2 heterocycles. The van der Waals surface area contributed by atoms with Crippen molar-refractivity contribution in [3.05, 3.63) is 29.6 Å². The second-order valence-corrected chi connectivity index (χ2v) is 4.49. The third kappa shape index (κ3) is 3.51. The van der Waals surface area contributed by atoms with E-state index < -0.39 is 11.8 Å². The van der Waals surface area contributed by atoms with Gasteiger partial charge in [-0.15, -0.1) is 0 Å². The fourth-order valence-corrected chi connectivity index (χ4v) is 1.95. The Balaban J connectivity index is 1.87. The molecule has 0 radical (unpaired) electrons. The zero-order chi connectivity index (χ0) is 13.7. The Labute approximate surface area is 112 Å². The molecule has 1 saturated heterocycles. The Morgan fingerprint density at radius 3 is 2.84 bits per heavy atom. The number of hydrogen-bond donors (Lipinski definition) is 2. The lowest BCUT2D eigenvalue weighted by Crippen LogP contribution is -2.51. The molecule has 0 saturated carbocycles. The Morgan fingerprint density at radius 2 is 2.16 bits per heavy atom. The van der Waals surface area contributed by atoms with Crippen molar-refractivity contribution in [1.29, 1.82) is 0 Å². The minimum absolute atomic E-state index is 0.281. The van der Waals surface area contributed by atoms with Gasteiger partial charge in [-0.1, -0.05) is 6.07 Å². The number of pyridine rings is 1. The van der Waals surface area contributed by atoms with E-state index in [1.165, 1.54) is 0 Å². The largest absolute Gasteiger partial charge is 0.342 e. The summed E-state index contributed by atoms with van der Waals surface area (Å²) in [7, 11) is 0.